The van der Waals surface area contributed by atoms with Crippen LogP contribution < -0.4 is 15.4 Å². The van der Waals surface area contributed by atoms with E-state index in [1.165, 1.54) is 4.90 Å². The molecule has 1 heterocycles. The molecule has 31 heavy (non-hydrogen) atoms. The number of hydrogen-bond donors (Lipinski definition) is 3. The number of carbonyl (C=O) groups is 2. The van der Waals surface area contributed by atoms with Crippen molar-refractivity contribution >= 4 is 27.5 Å². The molecule has 0 unspecified atom stereocenters. The zero-order valence-corrected chi connectivity index (χ0v) is 18.5. The average molecular weight is 444 g/mol. The van der Waals surface area contributed by atoms with Gasteiger partial charge in [0.25, 0.3) is 17.7 Å². The lowest BCUT2D eigenvalue weighted by Gasteiger charge is -2.26. The number of nitrogens with one attached hydrogen (secondary N) is 2. The van der Waals surface area contributed by atoms with Crippen LogP contribution in [0.1, 0.15) is 22.2 Å². The van der Waals surface area contributed by atoms with Crippen molar-refractivity contribution in [1.29, 1.82) is 0 Å². The molecule has 3 N–H and O–H groups in total. The second kappa shape index (κ2) is 9.13. The highest BCUT2D eigenvalue weighted by molar-refractivity contribution is 8.32. The third kappa shape index (κ3) is 5.58. The molecule has 0 saturated carbocycles. The van der Waals surface area contributed by atoms with Gasteiger partial charge in [0, 0.05) is 5.69 Å². The lowest BCUT2D eigenvalue weighted by Crippen LogP contribution is -2.36. The van der Waals surface area contributed by atoms with Gasteiger partial charge in [-0.2, -0.15) is 0 Å². The van der Waals surface area contributed by atoms with Crippen molar-refractivity contribution in [2.24, 2.45) is 0 Å². The average Bonchev–Trinajstić information content (AvgIpc) is 3.18. The van der Waals surface area contributed by atoms with Gasteiger partial charge in [0.1, 0.15) is 11.8 Å². The monoisotopic (exact) mass is 443 g/mol. The van der Waals surface area contributed by atoms with Crippen molar-refractivity contribution in [3.05, 3.63) is 65.9 Å². The molecule has 0 saturated heterocycles. The third-order valence-electron chi connectivity index (χ3n) is 4.54. The molecule has 3 aromatic rings. The molecule has 1 atom stereocenters. The van der Waals surface area contributed by atoms with E-state index in [1.807, 2.05) is 24.3 Å². The Morgan fingerprint density at radius 2 is 1.71 bits per heavy atom. The van der Waals surface area contributed by atoms with Crippen LogP contribution in [-0.4, -0.2) is 48.0 Å². The molecule has 0 aliphatic carbocycles. The second-order valence-electron chi connectivity index (χ2n) is 7.58. The van der Waals surface area contributed by atoms with E-state index in [9.17, 15) is 14.7 Å². The number of aromatic nitrogens is 1. The summed E-state index contributed by atoms with van der Waals surface area (Å²) in [5, 5.41) is 18.1. The van der Waals surface area contributed by atoms with E-state index in [4.69, 9.17) is 9.26 Å². The Kier molecular flexibility index (Phi) is 6.55. The van der Waals surface area contributed by atoms with Crippen LogP contribution in [0.4, 0.5) is 5.69 Å². The van der Waals surface area contributed by atoms with E-state index < -0.39 is 33.8 Å². The Labute approximate surface area is 181 Å². The normalized spacial score (nSPS) is 12.6. The van der Waals surface area contributed by atoms with Gasteiger partial charge in [-0.15, -0.1) is 0 Å². The lowest BCUT2D eigenvalue weighted by atomic mass is 10.1. The van der Waals surface area contributed by atoms with Crippen molar-refractivity contribution < 1.29 is 24.0 Å². The molecule has 2 amide bonds. The fraction of sp³-hybridized carbons (Fsp3) is 0.227. The van der Waals surface area contributed by atoms with Crippen molar-refractivity contribution in [3.8, 4) is 11.6 Å². The molecule has 0 spiro atoms. The fourth-order valence-corrected chi connectivity index (χ4v) is 3.79. The third-order valence-corrected chi connectivity index (χ3v) is 6.22. The molecule has 0 aliphatic rings. The van der Waals surface area contributed by atoms with Gasteiger partial charge in [-0.3, -0.25) is 9.59 Å². The predicted octanol–water partition coefficient (Wildman–Crippen LogP) is 3.55. The number of ether oxygens (including phenoxy) is 1. The van der Waals surface area contributed by atoms with Crippen LogP contribution in [0.3, 0.4) is 0 Å². The van der Waals surface area contributed by atoms with E-state index in [2.05, 4.69) is 34.6 Å². The number of hydrogen-bond acceptors (Lipinski definition) is 6. The largest absolute Gasteiger partial charge is 0.497 e. The molecule has 8 nitrogen and oxygen atoms in total. The van der Waals surface area contributed by atoms with Gasteiger partial charge in [0.05, 0.1) is 13.2 Å². The number of amides is 2. The first-order chi connectivity index (χ1) is 14.7. The maximum absolute atomic E-state index is 13.1. The van der Waals surface area contributed by atoms with Crippen LogP contribution >= 0.6 is 10.0 Å². The second-order valence-corrected chi connectivity index (χ2v) is 11.7. The number of rotatable bonds is 7. The van der Waals surface area contributed by atoms with E-state index >= 15 is 0 Å². The van der Waals surface area contributed by atoms with Gasteiger partial charge in [0.15, 0.2) is 0 Å². The summed E-state index contributed by atoms with van der Waals surface area (Å²) in [7, 11) is 0.665. The highest BCUT2D eigenvalue weighted by Gasteiger charge is 2.25. The molecule has 0 bridgehead atoms. The van der Waals surface area contributed by atoms with Crippen molar-refractivity contribution in [1.82, 2.24) is 10.5 Å². The Morgan fingerprint density at radius 3 is 2.23 bits per heavy atom. The van der Waals surface area contributed by atoms with Crippen molar-refractivity contribution in [3.63, 3.8) is 0 Å². The molecule has 3 rings (SSSR count). The molecule has 0 fully saturated rings. The number of carbonyl (C=O) groups excluding carboxylic acids is 2. The fourth-order valence-electron chi connectivity index (χ4n) is 2.83. The van der Waals surface area contributed by atoms with Gasteiger partial charge in [-0.25, -0.2) is 10.0 Å². The molecular formula is C22H25N3O5S. The Bertz CT molecular complexity index is 1060. The Balaban J connectivity index is 1.83. The lowest BCUT2D eigenvalue weighted by molar-refractivity contribution is -0.118. The molecule has 0 radical (unpaired) electrons. The molecule has 1 aromatic heterocycles. The minimum Gasteiger partial charge on any atom is -0.497 e. The summed E-state index contributed by atoms with van der Waals surface area (Å²) in [6.45, 7) is 0. The maximum atomic E-state index is 13.1. The predicted molar refractivity (Wildman–Crippen MR) is 120 cm³/mol. The number of aromatic hydroxyl groups is 1. The first-order valence-electron chi connectivity index (χ1n) is 9.37. The van der Waals surface area contributed by atoms with Crippen LogP contribution in [0, 0.1) is 0 Å². The van der Waals surface area contributed by atoms with Gasteiger partial charge in [-0.05, 0) is 70.8 Å². The van der Waals surface area contributed by atoms with Gasteiger partial charge < -0.3 is 25.0 Å². The van der Waals surface area contributed by atoms with E-state index in [1.54, 1.807) is 31.4 Å². The maximum Gasteiger partial charge on any atom is 0.290 e. The van der Waals surface area contributed by atoms with E-state index in [0.29, 0.717) is 17.0 Å². The van der Waals surface area contributed by atoms with Crippen molar-refractivity contribution in [2.75, 3.05) is 31.2 Å². The zero-order chi connectivity index (χ0) is 22.6. The summed E-state index contributed by atoms with van der Waals surface area (Å²) in [6, 6.07) is 14.5. The number of nitrogens with zero attached hydrogens (tertiary/aromatic N) is 1. The summed E-state index contributed by atoms with van der Waals surface area (Å²) >= 11 is 0. The van der Waals surface area contributed by atoms with Crippen LogP contribution in [-0.2, 0) is 4.79 Å². The highest BCUT2D eigenvalue weighted by atomic mass is 32.3. The van der Waals surface area contributed by atoms with Gasteiger partial charge in [0.2, 0.25) is 5.76 Å². The highest BCUT2D eigenvalue weighted by Crippen LogP contribution is 2.45. The molecule has 2 aromatic carbocycles. The summed E-state index contributed by atoms with van der Waals surface area (Å²) in [6.07, 6.45) is 6.57. The minimum absolute atomic E-state index is 0.207. The molecule has 0 aliphatic heterocycles. The first-order valence-corrected chi connectivity index (χ1v) is 12.2. The van der Waals surface area contributed by atoms with Gasteiger partial charge >= 0.3 is 0 Å². The molecule has 9 heteroatoms. The number of anilines is 1. The quantitative estimate of drug-likeness (QED) is 0.515. The molecular weight excluding hydrogens is 418 g/mol. The number of methoxy groups -OCH3 is 1. The minimum atomic E-state index is -1.02. The summed E-state index contributed by atoms with van der Waals surface area (Å²) in [4.78, 5) is 26.8. The van der Waals surface area contributed by atoms with Crippen LogP contribution in [0.25, 0.3) is 0 Å². The zero-order valence-electron chi connectivity index (χ0n) is 17.7. The summed E-state index contributed by atoms with van der Waals surface area (Å²) in [5.41, 5.74) is 1.16. The smallest absolute Gasteiger partial charge is 0.290 e. The summed E-state index contributed by atoms with van der Waals surface area (Å²) < 4.78 is 9.94. The van der Waals surface area contributed by atoms with Crippen LogP contribution in [0.15, 0.2) is 64.0 Å². The SMILES string of the molecule is COc1ccc([C@@H](NC(=O)c2cc(O)no2)C(=O)Nc2ccc(S(C)(C)C)cc2)cc1. The van der Waals surface area contributed by atoms with E-state index in [0.717, 1.165) is 6.07 Å². The Hall–Kier alpha value is -3.46. The summed E-state index contributed by atoms with van der Waals surface area (Å²) in [5.74, 6) is -1.12. The van der Waals surface area contributed by atoms with Crippen LogP contribution in [0.5, 0.6) is 11.6 Å². The van der Waals surface area contributed by atoms with Crippen molar-refractivity contribution in [2.45, 2.75) is 10.9 Å². The topological polar surface area (TPSA) is 114 Å². The number of benzene rings is 2. The Morgan fingerprint density at radius 1 is 1.06 bits per heavy atom. The first kappa shape index (κ1) is 22.2. The van der Waals surface area contributed by atoms with Crippen LogP contribution in [0.2, 0.25) is 0 Å². The van der Waals surface area contributed by atoms with E-state index in [-0.39, 0.29) is 5.76 Å². The van der Waals surface area contributed by atoms with Gasteiger partial charge in [-0.1, -0.05) is 12.1 Å². The standard InChI is InChI=1S/C22H25N3O5S/c1-29-16-9-5-14(6-10-16)20(24-21(27)18-13-19(26)25-30-18)22(28)23-15-7-11-17(12-8-15)31(2,3)4/h5-13,20H,1-4H3,(H,23,28)(H,24,27)(H,25,26)/t20-/m1/s1. The molecule has 164 valence electrons.